The quantitative estimate of drug-likeness (QED) is 0.211. The summed E-state index contributed by atoms with van der Waals surface area (Å²) in [6, 6.07) is 9.73. The van der Waals surface area contributed by atoms with Gasteiger partial charge in [0.15, 0.2) is 17.6 Å². The molecule has 3 rings (SSSR count). The van der Waals surface area contributed by atoms with Gasteiger partial charge < -0.3 is 28.8 Å². The zero-order valence-electron chi connectivity index (χ0n) is 24.1. The Morgan fingerprint density at radius 1 is 0.737 bits per heavy atom. The number of hydrogen-bond acceptors (Lipinski definition) is 6. The Labute approximate surface area is 229 Å². The molecule has 1 N–H and O–H groups in total. The Morgan fingerprint density at radius 2 is 1.29 bits per heavy atom. The minimum atomic E-state index is -1.15. The number of rotatable bonds is 17. The third-order valence-electron chi connectivity index (χ3n) is 6.79. The molecule has 0 saturated carbocycles. The highest BCUT2D eigenvalue weighted by molar-refractivity contribution is 5.54. The molecule has 0 fully saturated rings. The van der Waals surface area contributed by atoms with E-state index in [0.29, 0.717) is 44.3 Å². The third-order valence-corrected chi connectivity index (χ3v) is 6.79. The van der Waals surface area contributed by atoms with E-state index in [-0.39, 0.29) is 0 Å². The molecule has 0 aliphatic carbocycles. The van der Waals surface area contributed by atoms with Gasteiger partial charge in [0.05, 0.1) is 26.4 Å². The van der Waals surface area contributed by atoms with Gasteiger partial charge in [0, 0.05) is 24.1 Å². The molecule has 0 amide bonds. The number of unbranched alkanes of at least 4 members (excludes halogenated alkanes) is 4. The van der Waals surface area contributed by atoms with Crippen molar-refractivity contribution in [2.75, 3.05) is 26.4 Å². The molecule has 1 aliphatic heterocycles. The number of hydrogen-bond donors (Lipinski definition) is 1. The second-order valence-corrected chi connectivity index (χ2v) is 10.4. The van der Waals surface area contributed by atoms with Gasteiger partial charge in [-0.05, 0) is 50.3 Å². The second-order valence-electron chi connectivity index (χ2n) is 10.4. The lowest BCUT2D eigenvalue weighted by Crippen LogP contribution is -2.42. The topological polar surface area (TPSA) is 66.4 Å². The molecule has 0 unspecified atom stereocenters. The molecule has 6 heteroatoms. The Hall–Kier alpha value is -2.60. The monoisotopic (exact) mass is 528 g/mol. The molecule has 1 aliphatic rings. The van der Waals surface area contributed by atoms with Gasteiger partial charge in [0.25, 0.3) is 0 Å². The smallest absolute Gasteiger partial charge is 0.161 e. The highest BCUT2D eigenvalue weighted by Crippen LogP contribution is 2.47. The normalized spacial score (nSPS) is 18.4. The van der Waals surface area contributed by atoms with Crippen LogP contribution in [0.4, 0.5) is 0 Å². The van der Waals surface area contributed by atoms with Crippen LogP contribution >= 0.6 is 0 Å². The minimum absolute atomic E-state index is 0.407. The maximum absolute atomic E-state index is 11.6. The van der Waals surface area contributed by atoms with Crippen molar-refractivity contribution in [3.8, 4) is 28.7 Å². The lowest BCUT2D eigenvalue weighted by atomic mass is 9.83. The molecule has 2 aromatic carbocycles. The van der Waals surface area contributed by atoms with Crippen LogP contribution in [-0.4, -0.2) is 37.1 Å². The number of benzene rings is 2. The van der Waals surface area contributed by atoms with Crippen LogP contribution < -0.4 is 23.7 Å². The zero-order chi connectivity index (χ0) is 27.4. The van der Waals surface area contributed by atoms with E-state index < -0.39 is 11.7 Å². The minimum Gasteiger partial charge on any atom is -0.493 e. The summed E-state index contributed by atoms with van der Waals surface area (Å²) < 4.78 is 30.9. The molecule has 1 heterocycles. The van der Waals surface area contributed by atoms with E-state index in [1.54, 1.807) is 0 Å². The van der Waals surface area contributed by atoms with Crippen molar-refractivity contribution in [2.24, 2.45) is 0 Å². The van der Waals surface area contributed by atoms with Crippen molar-refractivity contribution in [1.29, 1.82) is 0 Å². The first-order valence-corrected chi connectivity index (χ1v) is 14.6. The van der Waals surface area contributed by atoms with E-state index in [4.69, 9.17) is 23.7 Å². The van der Waals surface area contributed by atoms with Gasteiger partial charge in [-0.1, -0.05) is 59.4 Å². The predicted molar refractivity (Wildman–Crippen MR) is 152 cm³/mol. The maximum Gasteiger partial charge on any atom is 0.161 e. The van der Waals surface area contributed by atoms with E-state index in [9.17, 15) is 5.11 Å². The van der Waals surface area contributed by atoms with E-state index in [0.717, 1.165) is 79.7 Å². The molecule has 0 radical (unpaired) electrons. The van der Waals surface area contributed by atoms with Gasteiger partial charge in [-0.3, -0.25) is 0 Å². The Bertz CT molecular complexity index is 986. The molecule has 0 bridgehead atoms. The van der Waals surface area contributed by atoms with Crippen LogP contribution in [0.2, 0.25) is 0 Å². The first-order chi connectivity index (χ1) is 18.4. The number of fused-ring (bicyclic) bond motifs is 1. The van der Waals surface area contributed by atoms with E-state index in [1.165, 1.54) is 0 Å². The summed E-state index contributed by atoms with van der Waals surface area (Å²) in [4.78, 5) is 0. The average molecular weight is 529 g/mol. The molecule has 2 atom stereocenters. The van der Waals surface area contributed by atoms with Crippen molar-refractivity contribution in [3.63, 3.8) is 0 Å². The van der Waals surface area contributed by atoms with E-state index >= 15 is 0 Å². The van der Waals surface area contributed by atoms with E-state index in [1.807, 2.05) is 37.3 Å². The predicted octanol–water partition coefficient (Wildman–Crippen LogP) is 7.83. The highest BCUT2D eigenvalue weighted by atomic mass is 16.5. The molecule has 38 heavy (non-hydrogen) atoms. The number of ether oxygens (including phenoxy) is 5. The average Bonchev–Trinajstić information content (AvgIpc) is 2.89. The van der Waals surface area contributed by atoms with Crippen LogP contribution in [0.15, 0.2) is 30.3 Å². The summed E-state index contributed by atoms with van der Waals surface area (Å²) in [6.45, 7) is 12.9. The first kappa shape index (κ1) is 29.9. The van der Waals surface area contributed by atoms with Crippen LogP contribution in [0.5, 0.6) is 28.7 Å². The van der Waals surface area contributed by atoms with Gasteiger partial charge in [0.2, 0.25) is 0 Å². The summed E-state index contributed by atoms with van der Waals surface area (Å²) in [7, 11) is 0. The summed E-state index contributed by atoms with van der Waals surface area (Å²) in [5.74, 6) is 3.57. The van der Waals surface area contributed by atoms with Crippen molar-refractivity contribution < 1.29 is 28.8 Å². The highest BCUT2D eigenvalue weighted by Gasteiger charge is 2.42. The summed E-state index contributed by atoms with van der Waals surface area (Å²) >= 11 is 0. The molecule has 212 valence electrons. The molecule has 0 spiro atoms. The summed E-state index contributed by atoms with van der Waals surface area (Å²) in [6.07, 6.45) is 7.94. The Morgan fingerprint density at radius 3 is 1.89 bits per heavy atom. The number of aliphatic hydroxyl groups is 1. The van der Waals surface area contributed by atoms with Crippen LogP contribution in [0.1, 0.15) is 103 Å². The lowest BCUT2D eigenvalue weighted by molar-refractivity contribution is -0.0631. The SMILES string of the molecule is CCCCOc1cc(OCCCC)c2c(c1)O[C@H](c1ccc(OCCCC)c(OCCCC)c1)[C@](C)(O)C2. The fourth-order valence-corrected chi connectivity index (χ4v) is 4.45. The van der Waals surface area contributed by atoms with Gasteiger partial charge >= 0.3 is 0 Å². The maximum atomic E-state index is 11.6. The molecular formula is C32H48O6. The fraction of sp³-hybridized carbons (Fsp3) is 0.625. The first-order valence-electron chi connectivity index (χ1n) is 14.6. The van der Waals surface area contributed by atoms with Crippen molar-refractivity contribution in [3.05, 3.63) is 41.5 Å². The third kappa shape index (κ3) is 8.20. The second kappa shape index (κ2) is 15.1. The van der Waals surface area contributed by atoms with Crippen molar-refractivity contribution >= 4 is 0 Å². The van der Waals surface area contributed by atoms with Crippen LogP contribution in [-0.2, 0) is 6.42 Å². The zero-order valence-corrected chi connectivity index (χ0v) is 24.1. The molecule has 6 nitrogen and oxygen atoms in total. The summed E-state index contributed by atoms with van der Waals surface area (Å²) in [5, 5.41) is 11.6. The van der Waals surface area contributed by atoms with Gasteiger partial charge in [-0.2, -0.15) is 0 Å². The molecule has 2 aromatic rings. The van der Waals surface area contributed by atoms with Crippen LogP contribution in [0.3, 0.4) is 0 Å². The van der Waals surface area contributed by atoms with Crippen molar-refractivity contribution in [2.45, 2.75) is 104 Å². The van der Waals surface area contributed by atoms with Crippen LogP contribution in [0, 0.1) is 0 Å². The van der Waals surface area contributed by atoms with E-state index in [2.05, 4.69) is 27.7 Å². The molecule has 0 aromatic heterocycles. The molecular weight excluding hydrogens is 480 g/mol. The largest absolute Gasteiger partial charge is 0.493 e. The molecule has 0 saturated heterocycles. The van der Waals surface area contributed by atoms with Crippen molar-refractivity contribution in [1.82, 2.24) is 0 Å². The Kier molecular flexibility index (Phi) is 11.9. The van der Waals surface area contributed by atoms with Gasteiger partial charge in [-0.15, -0.1) is 0 Å². The standard InChI is InChI=1S/C32H48O6/c1-6-10-16-34-25-21-28(36-18-12-8-3)26-23-32(5,33)31(38-29(26)22-25)24-14-15-27(35-17-11-7-2)30(20-24)37-19-13-9-4/h14-15,20-22,31,33H,6-13,16-19,23H2,1-5H3/t31-,32-/m1/s1. The van der Waals surface area contributed by atoms with Crippen LogP contribution in [0.25, 0.3) is 0 Å². The Balaban J connectivity index is 1.92. The lowest BCUT2D eigenvalue weighted by Gasteiger charge is -2.39. The van der Waals surface area contributed by atoms with Gasteiger partial charge in [-0.25, -0.2) is 0 Å². The fourth-order valence-electron chi connectivity index (χ4n) is 4.45. The summed E-state index contributed by atoms with van der Waals surface area (Å²) in [5.41, 5.74) is 0.580. The van der Waals surface area contributed by atoms with Gasteiger partial charge in [0.1, 0.15) is 22.8 Å².